The SMILES string of the molecule is CN1CCN(c2ccc(Nc3ncc(C4=C(C=O)C=CC(N)(N5CCOCC5)C4)s3)cc2)CC1. The number of carbonyl (C=O) groups is 1. The summed E-state index contributed by atoms with van der Waals surface area (Å²) in [7, 11) is 2.17. The summed E-state index contributed by atoms with van der Waals surface area (Å²) < 4.78 is 5.48. The molecule has 2 saturated heterocycles. The van der Waals surface area contributed by atoms with E-state index in [0.717, 1.165) is 66.8 Å². The number of piperazine rings is 1. The molecular weight excluding hydrogens is 448 g/mol. The summed E-state index contributed by atoms with van der Waals surface area (Å²) in [6.07, 6.45) is 7.12. The van der Waals surface area contributed by atoms with Gasteiger partial charge in [0.25, 0.3) is 0 Å². The van der Waals surface area contributed by atoms with Crippen LogP contribution >= 0.6 is 11.3 Å². The van der Waals surface area contributed by atoms with Crippen molar-refractivity contribution in [1.82, 2.24) is 14.8 Å². The third kappa shape index (κ3) is 4.94. The normalized spacial score (nSPS) is 24.5. The minimum Gasteiger partial charge on any atom is -0.379 e. The molecule has 1 aromatic carbocycles. The van der Waals surface area contributed by atoms with Crippen molar-refractivity contribution in [3.8, 4) is 0 Å². The van der Waals surface area contributed by atoms with E-state index in [2.05, 4.69) is 56.3 Å². The molecule has 1 aliphatic carbocycles. The molecule has 0 bridgehead atoms. The fourth-order valence-electron chi connectivity index (χ4n) is 4.73. The van der Waals surface area contributed by atoms with Gasteiger partial charge in [0.2, 0.25) is 0 Å². The topological polar surface area (TPSA) is 87.0 Å². The zero-order valence-corrected chi connectivity index (χ0v) is 20.4. The minimum atomic E-state index is -0.623. The molecule has 34 heavy (non-hydrogen) atoms. The van der Waals surface area contributed by atoms with Crippen molar-refractivity contribution in [2.45, 2.75) is 12.1 Å². The van der Waals surface area contributed by atoms with Crippen LogP contribution in [-0.2, 0) is 9.53 Å². The standard InChI is InChI=1S/C25H32N6O2S/c1-29-8-10-30(11-9-29)21-4-2-20(3-5-21)28-24-27-17-23(34-24)22-16-25(26,7-6-19(22)18-32)31-12-14-33-15-13-31/h2-7,17-18H,8-16,26H2,1H3,(H,27,28). The number of nitrogens with one attached hydrogen (secondary N) is 1. The van der Waals surface area contributed by atoms with Crippen molar-refractivity contribution in [1.29, 1.82) is 0 Å². The fourth-order valence-corrected chi connectivity index (χ4v) is 5.63. The number of likely N-dealkylation sites (N-methyl/N-ethyl adjacent to an activating group) is 1. The fraction of sp³-hybridized carbons (Fsp3) is 0.440. The van der Waals surface area contributed by atoms with Crippen LogP contribution in [0.15, 0.2) is 48.2 Å². The monoisotopic (exact) mass is 480 g/mol. The lowest BCUT2D eigenvalue weighted by atomic mass is 9.88. The molecule has 2 aromatic rings. The first kappa shape index (κ1) is 23.2. The van der Waals surface area contributed by atoms with E-state index >= 15 is 0 Å². The summed E-state index contributed by atoms with van der Waals surface area (Å²) in [6.45, 7) is 7.19. The van der Waals surface area contributed by atoms with Gasteiger partial charge >= 0.3 is 0 Å². The maximum absolute atomic E-state index is 11.8. The highest BCUT2D eigenvalue weighted by atomic mass is 32.1. The Kier molecular flexibility index (Phi) is 6.80. The third-order valence-corrected chi connectivity index (χ3v) is 7.85. The van der Waals surface area contributed by atoms with E-state index in [-0.39, 0.29) is 0 Å². The molecule has 3 aliphatic rings. The lowest BCUT2D eigenvalue weighted by Crippen LogP contribution is -2.58. The van der Waals surface area contributed by atoms with Crippen molar-refractivity contribution in [3.05, 3.63) is 53.1 Å². The molecule has 8 nitrogen and oxygen atoms in total. The second-order valence-corrected chi connectivity index (χ2v) is 10.2. The van der Waals surface area contributed by atoms with Crippen molar-refractivity contribution < 1.29 is 9.53 Å². The van der Waals surface area contributed by atoms with Gasteiger partial charge in [0.15, 0.2) is 5.13 Å². The lowest BCUT2D eigenvalue weighted by molar-refractivity contribution is -0.104. The number of hydrogen-bond donors (Lipinski definition) is 2. The van der Waals surface area contributed by atoms with E-state index < -0.39 is 5.66 Å². The average Bonchev–Trinajstić information content (AvgIpc) is 3.34. The van der Waals surface area contributed by atoms with E-state index in [1.54, 1.807) is 11.3 Å². The summed E-state index contributed by atoms with van der Waals surface area (Å²) in [6, 6.07) is 8.51. The number of thiazole rings is 1. The molecule has 5 rings (SSSR count). The van der Waals surface area contributed by atoms with Crippen molar-refractivity contribution in [2.24, 2.45) is 5.73 Å². The van der Waals surface area contributed by atoms with E-state index in [1.807, 2.05) is 18.3 Å². The zero-order chi connectivity index (χ0) is 23.5. The number of aldehydes is 1. The first-order valence-electron chi connectivity index (χ1n) is 11.8. The summed E-state index contributed by atoms with van der Waals surface area (Å²) in [4.78, 5) is 24.3. The highest BCUT2D eigenvalue weighted by Gasteiger charge is 2.35. The Bertz CT molecular complexity index is 1070. The quantitative estimate of drug-likeness (QED) is 0.610. The number of ether oxygens (including phenoxy) is 1. The first-order chi connectivity index (χ1) is 16.5. The van der Waals surface area contributed by atoms with Gasteiger partial charge in [-0.15, -0.1) is 0 Å². The minimum absolute atomic E-state index is 0.568. The number of anilines is 3. The van der Waals surface area contributed by atoms with Crippen LogP contribution in [-0.4, -0.2) is 86.3 Å². The molecule has 3 N–H and O–H groups in total. The van der Waals surface area contributed by atoms with Gasteiger partial charge in [0.1, 0.15) is 6.29 Å². The number of carbonyl (C=O) groups excluding carboxylic acids is 1. The van der Waals surface area contributed by atoms with Crippen LogP contribution in [0.1, 0.15) is 11.3 Å². The van der Waals surface area contributed by atoms with Crippen LogP contribution in [0.5, 0.6) is 0 Å². The molecular formula is C25H32N6O2S. The Labute approximate surface area is 204 Å². The number of nitrogens with two attached hydrogens (primary N) is 1. The van der Waals surface area contributed by atoms with Gasteiger partial charge < -0.3 is 25.6 Å². The van der Waals surface area contributed by atoms with Gasteiger partial charge in [-0.2, -0.15) is 0 Å². The first-order valence-corrected chi connectivity index (χ1v) is 12.6. The van der Waals surface area contributed by atoms with Gasteiger partial charge in [0.05, 0.1) is 23.8 Å². The van der Waals surface area contributed by atoms with Crippen LogP contribution in [0.25, 0.3) is 5.57 Å². The number of hydrogen-bond acceptors (Lipinski definition) is 9. The van der Waals surface area contributed by atoms with Gasteiger partial charge in [-0.3, -0.25) is 9.69 Å². The summed E-state index contributed by atoms with van der Waals surface area (Å²) in [5.74, 6) is 0. The van der Waals surface area contributed by atoms with Crippen molar-refractivity contribution >= 4 is 39.7 Å². The number of benzene rings is 1. The molecule has 0 radical (unpaired) electrons. The van der Waals surface area contributed by atoms with Gasteiger partial charge in [-0.05, 0) is 43.0 Å². The van der Waals surface area contributed by atoms with E-state index in [4.69, 9.17) is 10.5 Å². The van der Waals surface area contributed by atoms with Gasteiger partial charge in [-0.25, -0.2) is 4.98 Å². The zero-order valence-electron chi connectivity index (χ0n) is 19.6. The molecule has 0 spiro atoms. The molecule has 1 unspecified atom stereocenters. The molecule has 3 heterocycles. The average molecular weight is 481 g/mol. The van der Waals surface area contributed by atoms with Gasteiger partial charge in [-0.1, -0.05) is 17.4 Å². The Hall–Kier alpha value is -2.56. The number of allylic oxidation sites excluding steroid dienone is 2. The summed E-state index contributed by atoms with van der Waals surface area (Å²) >= 11 is 1.55. The largest absolute Gasteiger partial charge is 0.379 e. The molecule has 0 saturated carbocycles. The highest BCUT2D eigenvalue weighted by molar-refractivity contribution is 7.16. The molecule has 0 amide bonds. The molecule has 1 atom stereocenters. The van der Waals surface area contributed by atoms with Crippen molar-refractivity contribution in [2.75, 3.05) is 69.7 Å². The van der Waals surface area contributed by atoms with E-state index in [9.17, 15) is 4.79 Å². The Balaban J connectivity index is 1.28. The molecule has 180 valence electrons. The van der Waals surface area contributed by atoms with E-state index in [1.165, 1.54) is 5.69 Å². The maximum Gasteiger partial charge on any atom is 0.187 e. The second kappa shape index (κ2) is 9.97. The maximum atomic E-state index is 11.8. The Morgan fingerprint density at radius 3 is 2.56 bits per heavy atom. The predicted octanol–water partition coefficient (Wildman–Crippen LogP) is 2.54. The molecule has 1 aromatic heterocycles. The van der Waals surface area contributed by atoms with Crippen LogP contribution in [0.4, 0.5) is 16.5 Å². The Morgan fingerprint density at radius 1 is 1.12 bits per heavy atom. The predicted molar refractivity (Wildman–Crippen MR) is 138 cm³/mol. The molecule has 2 fully saturated rings. The Morgan fingerprint density at radius 2 is 1.85 bits per heavy atom. The third-order valence-electron chi connectivity index (χ3n) is 6.88. The summed E-state index contributed by atoms with van der Waals surface area (Å²) in [5.41, 5.74) is 10.0. The van der Waals surface area contributed by atoms with Crippen molar-refractivity contribution in [3.63, 3.8) is 0 Å². The second-order valence-electron chi connectivity index (χ2n) is 9.14. The van der Waals surface area contributed by atoms with Crippen LogP contribution in [0.3, 0.4) is 0 Å². The van der Waals surface area contributed by atoms with Crippen LogP contribution in [0, 0.1) is 0 Å². The van der Waals surface area contributed by atoms with Crippen LogP contribution in [0.2, 0.25) is 0 Å². The number of morpholine rings is 1. The van der Waals surface area contributed by atoms with E-state index in [0.29, 0.717) is 25.2 Å². The lowest BCUT2D eigenvalue weighted by Gasteiger charge is -2.43. The smallest absolute Gasteiger partial charge is 0.187 e. The van der Waals surface area contributed by atoms with Crippen LogP contribution < -0.4 is 16.0 Å². The highest BCUT2D eigenvalue weighted by Crippen LogP contribution is 2.38. The number of nitrogens with zero attached hydrogens (tertiary/aromatic N) is 4. The molecule has 9 heteroatoms. The number of rotatable bonds is 6. The number of aromatic nitrogens is 1. The molecule has 2 aliphatic heterocycles. The summed E-state index contributed by atoms with van der Waals surface area (Å²) in [5, 5.41) is 4.21. The van der Waals surface area contributed by atoms with Gasteiger partial charge in [0, 0.05) is 68.8 Å².